The Labute approximate surface area is 129 Å². The van der Waals surface area contributed by atoms with Crippen LogP contribution >= 0.6 is 11.3 Å². The van der Waals surface area contributed by atoms with Crippen molar-refractivity contribution in [3.8, 4) is 0 Å². The summed E-state index contributed by atoms with van der Waals surface area (Å²) in [5, 5.41) is 5.03. The number of nitrogens with one attached hydrogen (secondary N) is 2. The van der Waals surface area contributed by atoms with E-state index in [1.54, 1.807) is 25.1 Å². The van der Waals surface area contributed by atoms with Crippen molar-refractivity contribution < 1.29 is 8.42 Å². The van der Waals surface area contributed by atoms with Crippen molar-refractivity contribution in [1.29, 1.82) is 0 Å². The minimum atomic E-state index is -3.55. The molecule has 0 aromatic carbocycles. The summed E-state index contributed by atoms with van der Waals surface area (Å²) in [4.78, 5) is 4.26. The van der Waals surface area contributed by atoms with Crippen LogP contribution in [0.3, 0.4) is 0 Å². The standard InChI is InChI=1S/C14H19N3O2S2/c1-4-15-8-12-7-14(20-9-12)21(18,19)17-13-6-5-10(2)16-11(13)3/h5-7,9,15,17H,4,8H2,1-3H3. The molecule has 7 heteroatoms. The van der Waals surface area contributed by atoms with Gasteiger partial charge in [-0.1, -0.05) is 6.92 Å². The van der Waals surface area contributed by atoms with Gasteiger partial charge in [-0.25, -0.2) is 8.42 Å². The van der Waals surface area contributed by atoms with Crippen LogP contribution in [0.25, 0.3) is 0 Å². The number of sulfonamides is 1. The molecule has 0 unspecified atom stereocenters. The molecule has 0 saturated heterocycles. The highest BCUT2D eigenvalue weighted by molar-refractivity contribution is 7.94. The average molecular weight is 325 g/mol. The van der Waals surface area contributed by atoms with Crippen LogP contribution in [0.4, 0.5) is 5.69 Å². The highest BCUT2D eigenvalue weighted by Crippen LogP contribution is 2.24. The van der Waals surface area contributed by atoms with E-state index in [0.717, 1.165) is 17.8 Å². The van der Waals surface area contributed by atoms with Crippen LogP contribution in [0.1, 0.15) is 23.9 Å². The molecule has 2 N–H and O–H groups in total. The number of anilines is 1. The third kappa shape index (κ3) is 4.03. The topological polar surface area (TPSA) is 71.1 Å². The zero-order valence-corrected chi connectivity index (χ0v) is 13.9. The van der Waals surface area contributed by atoms with Crippen molar-refractivity contribution in [3.63, 3.8) is 0 Å². The van der Waals surface area contributed by atoms with E-state index in [1.807, 2.05) is 19.2 Å². The number of pyridine rings is 1. The summed E-state index contributed by atoms with van der Waals surface area (Å²) in [6.45, 7) is 7.20. The zero-order chi connectivity index (χ0) is 15.5. The van der Waals surface area contributed by atoms with Gasteiger partial charge in [0, 0.05) is 12.2 Å². The van der Waals surface area contributed by atoms with E-state index in [0.29, 0.717) is 22.1 Å². The normalized spacial score (nSPS) is 11.6. The van der Waals surface area contributed by atoms with Gasteiger partial charge in [0.05, 0.1) is 11.4 Å². The Balaban J connectivity index is 2.19. The second kappa shape index (κ2) is 6.55. The Morgan fingerprint density at radius 3 is 2.71 bits per heavy atom. The molecule has 0 amide bonds. The smallest absolute Gasteiger partial charge is 0.271 e. The summed E-state index contributed by atoms with van der Waals surface area (Å²) < 4.78 is 27.7. The third-order valence-electron chi connectivity index (χ3n) is 2.94. The Morgan fingerprint density at radius 2 is 2.05 bits per heavy atom. The van der Waals surface area contributed by atoms with E-state index in [9.17, 15) is 8.42 Å². The van der Waals surface area contributed by atoms with Crippen LogP contribution in [0.5, 0.6) is 0 Å². The number of rotatable bonds is 6. The van der Waals surface area contributed by atoms with E-state index in [2.05, 4.69) is 15.0 Å². The first-order valence-electron chi connectivity index (χ1n) is 6.67. The quantitative estimate of drug-likeness (QED) is 0.856. The number of aryl methyl sites for hydroxylation is 2. The average Bonchev–Trinajstić information content (AvgIpc) is 2.89. The molecular weight excluding hydrogens is 306 g/mol. The van der Waals surface area contributed by atoms with Gasteiger partial charge in [-0.2, -0.15) is 0 Å². The Kier molecular flexibility index (Phi) is 4.97. The number of nitrogens with zero attached hydrogens (tertiary/aromatic N) is 1. The maximum Gasteiger partial charge on any atom is 0.271 e. The van der Waals surface area contributed by atoms with Gasteiger partial charge in [-0.15, -0.1) is 11.3 Å². The lowest BCUT2D eigenvalue weighted by molar-refractivity contribution is 0.603. The summed E-state index contributed by atoms with van der Waals surface area (Å²) >= 11 is 1.22. The first-order valence-corrected chi connectivity index (χ1v) is 9.04. The number of hydrogen-bond donors (Lipinski definition) is 2. The lowest BCUT2D eigenvalue weighted by Gasteiger charge is -2.09. The molecule has 2 aromatic heterocycles. The molecule has 2 aromatic rings. The van der Waals surface area contributed by atoms with Crippen molar-refractivity contribution in [2.45, 2.75) is 31.5 Å². The maximum atomic E-state index is 12.4. The van der Waals surface area contributed by atoms with Gasteiger partial charge in [-0.3, -0.25) is 9.71 Å². The summed E-state index contributed by atoms with van der Waals surface area (Å²) in [5.41, 5.74) is 3.02. The van der Waals surface area contributed by atoms with Crippen LogP contribution < -0.4 is 10.0 Å². The van der Waals surface area contributed by atoms with E-state index in [-0.39, 0.29) is 0 Å². The molecule has 0 bridgehead atoms. The van der Waals surface area contributed by atoms with Crippen LogP contribution in [0.15, 0.2) is 27.8 Å². The molecule has 0 spiro atoms. The lowest BCUT2D eigenvalue weighted by Crippen LogP contribution is -2.13. The Hall–Kier alpha value is -1.44. The molecule has 5 nitrogen and oxygen atoms in total. The fraction of sp³-hybridized carbons (Fsp3) is 0.357. The predicted octanol–water partition coefficient (Wildman–Crippen LogP) is 2.67. The molecule has 2 rings (SSSR count). The van der Waals surface area contributed by atoms with Crippen LogP contribution in [0.2, 0.25) is 0 Å². The van der Waals surface area contributed by atoms with Crippen LogP contribution in [-0.4, -0.2) is 19.9 Å². The van der Waals surface area contributed by atoms with Gasteiger partial charge in [0.1, 0.15) is 4.21 Å². The first-order chi connectivity index (χ1) is 9.92. The number of thiophene rings is 1. The van der Waals surface area contributed by atoms with Crippen molar-refractivity contribution in [3.05, 3.63) is 40.5 Å². The van der Waals surface area contributed by atoms with Crippen molar-refractivity contribution in [2.75, 3.05) is 11.3 Å². The van der Waals surface area contributed by atoms with E-state index in [4.69, 9.17) is 0 Å². The molecule has 0 aliphatic carbocycles. The molecule has 0 saturated carbocycles. The maximum absolute atomic E-state index is 12.4. The van der Waals surface area contributed by atoms with Gasteiger partial charge in [0.2, 0.25) is 0 Å². The van der Waals surface area contributed by atoms with Crippen LogP contribution in [-0.2, 0) is 16.6 Å². The first kappa shape index (κ1) is 15.9. The van der Waals surface area contributed by atoms with E-state index < -0.39 is 10.0 Å². The fourth-order valence-corrected chi connectivity index (χ4v) is 4.17. The molecule has 0 aliphatic heterocycles. The number of hydrogen-bond acceptors (Lipinski definition) is 5. The second-order valence-corrected chi connectivity index (χ2v) is 7.57. The van der Waals surface area contributed by atoms with Gasteiger partial charge >= 0.3 is 0 Å². The second-order valence-electron chi connectivity index (χ2n) is 4.75. The molecule has 0 atom stereocenters. The molecule has 21 heavy (non-hydrogen) atoms. The molecular formula is C14H19N3O2S2. The minimum absolute atomic E-state index is 0.315. The zero-order valence-electron chi connectivity index (χ0n) is 12.3. The van der Waals surface area contributed by atoms with E-state index >= 15 is 0 Å². The highest BCUT2D eigenvalue weighted by atomic mass is 32.2. The van der Waals surface area contributed by atoms with E-state index in [1.165, 1.54) is 11.3 Å². The highest BCUT2D eigenvalue weighted by Gasteiger charge is 2.18. The van der Waals surface area contributed by atoms with Crippen molar-refractivity contribution in [1.82, 2.24) is 10.3 Å². The third-order valence-corrected chi connectivity index (χ3v) is 5.80. The fourth-order valence-electron chi connectivity index (χ4n) is 1.85. The van der Waals surface area contributed by atoms with Crippen molar-refractivity contribution in [2.24, 2.45) is 0 Å². The lowest BCUT2D eigenvalue weighted by atomic mass is 10.3. The van der Waals surface area contributed by atoms with Crippen LogP contribution in [0, 0.1) is 13.8 Å². The Bertz CT molecular complexity index is 724. The summed E-state index contributed by atoms with van der Waals surface area (Å²) in [6.07, 6.45) is 0. The summed E-state index contributed by atoms with van der Waals surface area (Å²) in [7, 11) is -3.55. The molecule has 114 valence electrons. The summed E-state index contributed by atoms with van der Waals surface area (Å²) in [6, 6.07) is 5.23. The molecule has 2 heterocycles. The number of aromatic nitrogens is 1. The monoisotopic (exact) mass is 325 g/mol. The molecule has 0 aliphatic rings. The van der Waals surface area contributed by atoms with Gasteiger partial charge in [-0.05, 0) is 49.5 Å². The minimum Gasteiger partial charge on any atom is -0.313 e. The SMILES string of the molecule is CCNCc1csc(S(=O)(=O)Nc2ccc(C)nc2C)c1. The Morgan fingerprint density at radius 1 is 1.29 bits per heavy atom. The molecule has 0 radical (unpaired) electrons. The largest absolute Gasteiger partial charge is 0.313 e. The van der Waals surface area contributed by atoms with Gasteiger partial charge < -0.3 is 5.32 Å². The summed E-state index contributed by atoms with van der Waals surface area (Å²) in [5.74, 6) is 0. The van der Waals surface area contributed by atoms with Gasteiger partial charge in [0.25, 0.3) is 10.0 Å². The van der Waals surface area contributed by atoms with Crippen molar-refractivity contribution >= 4 is 27.0 Å². The molecule has 0 fully saturated rings. The predicted molar refractivity (Wildman–Crippen MR) is 86.2 cm³/mol. The van der Waals surface area contributed by atoms with Gasteiger partial charge in [0.15, 0.2) is 0 Å².